The first-order valence-electron chi connectivity index (χ1n) is 14.1. The van der Waals surface area contributed by atoms with Gasteiger partial charge in [-0.15, -0.1) is 0 Å². The molecule has 0 saturated carbocycles. The third-order valence-corrected chi connectivity index (χ3v) is 9.42. The van der Waals surface area contributed by atoms with Gasteiger partial charge in [-0.3, -0.25) is 9.78 Å². The normalized spacial score (nSPS) is 15.1. The molecule has 0 atom stereocenters. The van der Waals surface area contributed by atoms with Crippen molar-refractivity contribution in [2.75, 3.05) is 32.9 Å². The molecule has 7 nitrogen and oxygen atoms in total. The third kappa shape index (κ3) is 6.06. The van der Waals surface area contributed by atoms with E-state index in [0.717, 1.165) is 60.9 Å². The molecule has 0 N–H and O–H groups in total. The van der Waals surface area contributed by atoms with Crippen molar-refractivity contribution in [3.05, 3.63) is 89.6 Å². The van der Waals surface area contributed by atoms with Gasteiger partial charge in [0.15, 0.2) is 9.84 Å². The fraction of sp³-hybridized carbons (Fsp3) is 0.375. The second kappa shape index (κ2) is 11.7. The van der Waals surface area contributed by atoms with Crippen molar-refractivity contribution < 1.29 is 17.6 Å². The lowest BCUT2D eigenvalue weighted by atomic mass is 9.89. The predicted molar refractivity (Wildman–Crippen MR) is 160 cm³/mol. The van der Waals surface area contributed by atoms with Crippen LogP contribution in [0.1, 0.15) is 54.1 Å². The smallest absolute Gasteiger partial charge is 0.256 e. The molecule has 0 radical (unpaired) electrons. The van der Waals surface area contributed by atoms with Crippen LogP contribution in [-0.4, -0.2) is 72.7 Å². The zero-order valence-corrected chi connectivity index (χ0v) is 24.9. The molecule has 216 valence electrons. The molecule has 0 aliphatic carbocycles. The van der Waals surface area contributed by atoms with Gasteiger partial charge in [0.25, 0.3) is 5.91 Å². The summed E-state index contributed by atoms with van der Waals surface area (Å²) in [5.41, 5.74) is 3.64. The fourth-order valence-electron chi connectivity index (χ4n) is 5.63. The molecule has 0 spiro atoms. The summed E-state index contributed by atoms with van der Waals surface area (Å²) < 4.78 is 40.7. The minimum Gasteiger partial charge on any atom is -0.339 e. The van der Waals surface area contributed by atoms with Gasteiger partial charge in [-0.1, -0.05) is 18.2 Å². The summed E-state index contributed by atoms with van der Waals surface area (Å²) in [5.74, 6) is -0.364. The van der Waals surface area contributed by atoms with Gasteiger partial charge in [-0.25, -0.2) is 12.8 Å². The molecule has 2 aromatic heterocycles. The Hall–Kier alpha value is -3.56. The summed E-state index contributed by atoms with van der Waals surface area (Å²) in [5, 5.41) is 1.03. The Morgan fingerprint density at radius 1 is 1.10 bits per heavy atom. The molecule has 2 aromatic carbocycles. The van der Waals surface area contributed by atoms with Crippen LogP contribution in [0.5, 0.6) is 0 Å². The van der Waals surface area contributed by atoms with Crippen LogP contribution in [0.2, 0.25) is 0 Å². The van der Waals surface area contributed by atoms with E-state index in [4.69, 9.17) is 0 Å². The highest BCUT2D eigenvalue weighted by Gasteiger charge is 2.27. The Kier molecular flexibility index (Phi) is 8.29. The lowest BCUT2D eigenvalue weighted by molar-refractivity contribution is 0.0754. The van der Waals surface area contributed by atoms with Gasteiger partial charge in [-0.2, -0.15) is 0 Å². The highest BCUT2D eigenvalue weighted by atomic mass is 32.2. The third-order valence-electron chi connectivity index (χ3n) is 8.29. The van der Waals surface area contributed by atoms with E-state index in [0.29, 0.717) is 16.4 Å². The van der Waals surface area contributed by atoms with Gasteiger partial charge < -0.3 is 14.4 Å². The number of halogens is 1. The van der Waals surface area contributed by atoms with Gasteiger partial charge in [0.2, 0.25) is 0 Å². The summed E-state index contributed by atoms with van der Waals surface area (Å²) in [7, 11) is -1.45. The van der Waals surface area contributed by atoms with Crippen molar-refractivity contribution in [3.63, 3.8) is 0 Å². The van der Waals surface area contributed by atoms with Crippen LogP contribution >= 0.6 is 0 Å². The highest BCUT2D eigenvalue weighted by Crippen LogP contribution is 2.36. The van der Waals surface area contributed by atoms with Gasteiger partial charge in [0.1, 0.15) is 5.82 Å². The number of piperidine rings is 1. The van der Waals surface area contributed by atoms with Crippen LogP contribution in [0.25, 0.3) is 16.6 Å². The van der Waals surface area contributed by atoms with Crippen molar-refractivity contribution in [2.45, 2.75) is 50.0 Å². The number of sulfone groups is 1. The number of benzene rings is 2. The standard InChI is InChI=1S/C32H37FN4O3S/c1-22(2)35(3)32(38)27-6-5-7-29(33)31(27)37-21-28(26-12-16-34-20-30(26)37)24-14-18-36(19-15-24)17-13-23-8-10-25(11-9-23)41(4,39)40/h5-12,16,20-22,24H,13-15,17-19H2,1-4H3. The Bertz CT molecular complexity index is 1660. The average molecular weight is 577 g/mol. The second-order valence-electron chi connectivity index (χ2n) is 11.3. The highest BCUT2D eigenvalue weighted by molar-refractivity contribution is 7.90. The number of likely N-dealkylation sites (tertiary alicyclic amines) is 1. The molecule has 3 heterocycles. The number of para-hydroxylation sites is 1. The number of hydrogen-bond acceptors (Lipinski definition) is 5. The zero-order valence-electron chi connectivity index (χ0n) is 24.0. The van der Waals surface area contributed by atoms with Crippen LogP contribution < -0.4 is 0 Å². The van der Waals surface area contributed by atoms with Gasteiger partial charge in [-0.05, 0) is 93.6 Å². The number of carbonyl (C=O) groups excluding carboxylic acids is 1. The summed E-state index contributed by atoms with van der Waals surface area (Å²) >= 11 is 0. The minimum absolute atomic E-state index is 0.0192. The maximum absolute atomic E-state index is 15.4. The Labute approximate surface area is 241 Å². The quantitative estimate of drug-likeness (QED) is 0.278. The Morgan fingerprint density at radius 3 is 2.46 bits per heavy atom. The number of nitrogens with zero attached hydrogens (tertiary/aromatic N) is 4. The van der Waals surface area contributed by atoms with E-state index < -0.39 is 15.7 Å². The molecule has 1 aliphatic heterocycles. The maximum Gasteiger partial charge on any atom is 0.256 e. The molecule has 1 saturated heterocycles. The van der Waals surface area contributed by atoms with Crippen LogP contribution in [0.4, 0.5) is 4.39 Å². The van der Waals surface area contributed by atoms with E-state index >= 15 is 4.39 Å². The molecule has 0 unspecified atom stereocenters. The van der Waals surface area contributed by atoms with Crippen LogP contribution in [0.15, 0.2) is 72.0 Å². The summed E-state index contributed by atoms with van der Waals surface area (Å²) in [6, 6.07) is 13.8. The number of aromatic nitrogens is 2. The van der Waals surface area contributed by atoms with E-state index in [1.165, 1.54) is 12.3 Å². The van der Waals surface area contributed by atoms with Gasteiger partial charge >= 0.3 is 0 Å². The van der Waals surface area contributed by atoms with E-state index in [1.807, 2.05) is 38.2 Å². The van der Waals surface area contributed by atoms with Crippen LogP contribution in [-0.2, 0) is 16.3 Å². The molecule has 1 amide bonds. The van der Waals surface area contributed by atoms with Crippen molar-refractivity contribution in [2.24, 2.45) is 0 Å². The Balaban J connectivity index is 1.35. The molecule has 1 fully saturated rings. The zero-order chi connectivity index (χ0) is 29.3. The summed E-state index contributed by atoms with van der Waals surface area (Å²) in [6.07, 6.45) is 9.52. The van der Waals surface area contributed by atoms with E-state index in [9.17, 15) is 13.2 Å². The minimum atomic E-state index is -3.19. The largest absolute Gasteiger partial charge is 0.339 e. The Morgan fingerprint density at radius 2 is 1.80 bits per heavy atom. The lowest BCUT2D eigenvalue weighted by Gasteiger charge is -2.32. The SMILES string of the molecule is CC(C)N(C)C(=O)c1cccc(F)c1-n1cc(C2CCN(CCc3ccc(S(C)(=O)=O)cc3)CC2)c2ccncc21. The first-order chi connectivity index (χ1) is 19.5. The number of pyridine rings is 1. The maximum atomic E-state index is 15.4. The van der Waals surface area contributed by atoms with Crippen molar-refractivity contribution in [3.8, 4) is 5.69 Å². The number of fused-ring (bicyclic) bond motifs is 1. The van der Waals surface area contributed by atoms with E-state index in [1.54, 1.807) is 53.2 Å². The monoisotopic (exact) mass is 576 g/mol. The number of hydrogen-bond donors (Lipinski definition) is 0. The first-order valence-corrected chi connectivity index (χ1v) is 16.0. The fourth-order valence-corrected chi connectivity index (χ4v) is 6.26. The molecule has 4 aromatic rings. The van der Waals surface area contributed by atoms with Crippen LogP contribution in [0, 0.1) is 5.82 Å². The van der Waals surface area contributed by atoms with Crippen molar-refractivity contribution in [1.82, 2.24) is 19.4 Å². The first kappa shape index (κ1) is 29.0. The number of amides is 1. The van der Waals surface area contributed by atoms with E-state index in [-0.39, 0.29) is 17.6 Å². The predicted octanol–water partition coefficient (Wildman–Crippen LogP) is 5.47. The van der Waals surface area contributed by atoms with Gasteiger partial charge in [0.05, 0.1) is 27.9 Å². The molecule has 1 aliphatic rings. The van der Waals surface area contributed by atoms with Crippen LogP contribution in [0.3, 0.4) is 0 Å². The molecule has 0 bridgehead atoms. The molecular formula is C32H37FN4O3S. The molecule has 41 heavy (non-hydrogen) atoms. The van der Waals surface area contributed by atoms with Crippen molar-refractivity contribution in [1.29, 1.82) is 0 Å². The molecular weight excluding hydrogens is 539 g/mol. The van der Waals surface area contributed by atoms with E-state index in [2.05, 4.69) is 9.88 Å². The molecule has 5 rings (SSSR count). The lowest BCUT2D eigenvalue weighted by Crippen LogP contribution is -2.34. The van der Waals surface area contributed by atoms with Crippen molar-refractivity contribution >= 4 is 26.6 Å². The average Bonchev–Trinajstić information content (AvgIpc) is 3.34. The summed E-state index contributed by atoms with van der Waals surface area (Å²) in [6.45, 7) is 6.65. The number of carbonyl (C=O) groups is 1. The number of rotatable bonds is 8. The summed E-state index contributed by atoms with van der Waals surface area (Å²) in [4.78, 5) is 22.1. The molecule has 9 heteroatoms. The van der Waals surface area contributed by atoms with Gasteiger partial charge in [0, 0.05) is 43.7 Å². The topological polar surface area (TPSA) is 75.5 Å². The second-order valence-corrected chi connectivity index (χ2v) is 13.3.